The highest BCUT2D eigenvalue weighted by atomic mass is 16.4. The number of hydrogen-bond donors (Lipinski definition) is 1. The third-order valence-corrected chi connectivity index (χ3v) is 3.86. The molecule has 132 valence electrons. The van der Waals surface area contributed by atoms with Gasteiger partial charge in [0.15, 0.2) is 5.78 Å². The lowest BCUT2D eigenvalue weighted by Gasteiger charge is -2.16. The van der Waals surface area contributed by atoms with Crippen molar-refractivity contribution in [3.63, 3.8) is 0 Å². The summed E-state index contributed by atoms with van der Waals surface area (Å²) in [5.41, 5.74) is 0.634. The molecule has 0 aromatic carbocycles. The van der Waals surface area contributed by atoms with Crippen LogP contribution in [0, 0.1) is 0 Å². The van der Waals surface area contributed by atoms with Crippen LogP contribution in [0.4, 0.5) is 0 Å². The molecule has 2 amide bonds. The molecule has 2 heterocycles. The number of likely N-dealkylation sites (tertiary alicyclic amines) is 2. The Morgan fingerprint density at radius 2 is 1.33 bits per heavy atom. The summed E-state index contributed by atoms with van der Waals surface area (Å²) >= 11 is 0. The van der Waals surface area contributed by atoms with E-state index in [4.69, 9.17) is 5.11 Å². The first-order chi connectivity index (χ1) is 11.3. The summed E-state index contributed by atoms with van der Waals surface area (Å²) in [7, 11) is 0. The minimum absolute atomic E-state index is 0.0345. The number of carboxylic acids is 1. The SMILES string of the molecule is C/C=C(/C(=O)O)N1CCCC1=O.CC=C(C(C)=O)N1CCCC1=O. The fraction of sp³-hybridized carbons (Fsp3) is 0.529. The van der Waals surface area contributed by atoms with E-state index in [-0.39, 0.29) is 23.3 Å². The van der Waals surface area contributed by atoms with Crippen LogP contribution in [0.3, 0.4) is 0 Å². The van der Waals surface area contributed by atoms with Gasteiger partial charge in [0.25, 0.3) is 0 Å². The topological polar surface area (TPSA) is 95.0 Å². The Hall–Kier alpha value is -2.44. The summed E-state index contributed by atoms with van der Waals surface area (Å²) in [6.07, 6.45) is 5.80. The third-order valence-electron chi connectivity index (χ3n) is 3.86. The molecule has 0 unspecified atom stereocenters. The first kappa shape index (κ1) is 19.6. The van der Waals surface area contributed by atoms with Gasteiger partial charge >= 0.3 is 5.97 Å². The molecule has 2 rings (SSSR count). The van der Waals surface area contributed by atoms with Crippen LogP contribution in [0.5, 0.6) is 0 Å². The summed E-state index contributed by atoms with van der Waals surface area (Å²) in [4.78, 5) is 46.9. The quantitative estimate of drug-likeness (QED) is 0.788. The first-order valence-corrected chi connectivity index (χ1v) is 8.01. The standard InChI is InChI=1S/C9H13NO2.C8H11NO3/c1-3-8(7(2)11)10-6-4-5-9(10)12;1-2-6(8(11)12)9-5-3-4-7(9)10/h3H,4-6H2,1-2H3;2H,3-5H2,1H3,(H,11,12)/b;6-2-. The van der Waals surface area contributed by atoms with E-state index in [0.717, 1.165) is 12.8 Å². The molecular weight excluding hydrogens is 312 g/mol. The Morgan fingerprint density at radius 3 is 1.58 bits per heavy atom. The summed E-state index contributed by atoms with van der Waals surface area (Å²) < 4.78 is 0. The van der Waals surface area contributed by atoms with Gasteiger partial charge in [0.05, 0.1) is 5.70 Å². The first-order valence-electron chi connectivity index (χ1n) is 8.01. The average Bonchev–Trinajstić information content (AvgIpc) is 3.11. The number of ketones is 1. The fourth-order valence-electron chi connectivity index (χ4n) is 2.75. The maximum absolute atomic E-state index is 11.2. The van der Waals surface area contributed by atoms with E-state index in [1.807, 2.05) is 0 Å². The molecule has 7 nitrogen and oxygen atoms in total. The Bertz CT molecular complexity index is 540. The number of hydrogen-bond acceptors (Lipinski definition) is 4. The molecule has 24 heavy (non-hydrogen) atoms. The van der Waals surface area contributed by atoms with Gasteiger partial charge in [-0.15, -0.1) is 0 Å². The maximum atomic E-state index is 11.2. The molecule has 0 saturated carbocycles. The monoisotopic (exact) mass is 336 g/mol. The maximum Gasteiger partial charge on any atom is 0.352 e. The minimum Gasteiger partial charge on any atom is -0.477 e. The van der Waals surface area contributed by atoms with Crippen molar-refractivity contribution < 1.29 is 24.3 Å². The Kier molecular flexibility index (Phi) is 7.35. The molecule has 2 aliphatic heterocycles. The van der Waals surface area contributed by atoms with E-state index < -0.39 is 5.97 Å². The van der Waals surface area contributed by atoms with Gasteiger partial charge in [0.1, 0.15) is 5.70 Å². The van der Waals surface area contributed by atoms with Crippen LogP contribution < -0.4 is 0 Å². The summed E-state index contributed by atoms with van der Waals surface area (Å²) in [6, 6.07) is 0. The van der Waals surface area contributed by atoms with Gasteiger partial charge in [-0.2, -0.15) is 0 Å². The summed E-state index contributed by atoms with van der Waals surface area (Å²) in [5.74, 6) is -1.09. The highest BCUT2D eigenvalue weighted by Crippen LogP contribution is 2.17. The molecule has 0 aromatic rings. The van der Waals surface area contributed by atoms with Crippen molar-refractivity contribution in [1.29, 1.82) is 0 Å². The van der Waals surface area contributed by atoms with Crippen molar-refractivity contribution in [1.82, 2.24) is 9.80 Å². The van der Waals surface area contributed by atoms with Crippen LogP contribution in [0.2, 0.25) is 0 Å². The number of carbonyl (C=O) groups is 4. The number of Topliss-reactive ketones (excluding diaryl/α,β-unsaturated/α-hetero) is 1. The second kappa shape index (κ2) is 9.00. The number of rotatable bonds is 4. The minimum atomic E-state index is -1.03. The van der Waals surface area contributed by atoms with Gasteiger partial charge < -0.3 is 14.9 Å². The van der Waals surface area contributed by atoms with E-state index in [9.17, 15) is 19.2 Å². The van der Waals surface area contributed by atoms with Crippen LogP contribution in [0.1, 0.15) is 46.5 Å². The van der Waals surface area contributed by atoms with Gasteiger partial charge in [-0.05, 0) is 26.7 Å². The fourth-order valence-corrected chi connectivity index (χ4v) is 2.75. The zero-order chi connectivity index (χ0) is 18.3. The molecule has 0 bridgehead atoms. The predicted molar refractivity (Wildman–Crippen MR) is 87.7 cm³/mol. The van der Waals surface area contributed by atoms with Crippen molar-refractivity contribution in [3.05, 3.63) is 23.5 Å². The van der Waals surface area contributed by atoms with Crippen LogP contribution in [-0.4, -0.2) is 51.6 Å². The molecule has 0 spiro atoms. The van der Waals surface area contributed by atoms with Gasteiger partial charge in [0.2, 0.25) is 11.8 Å². The average molecular weight is 336 g/mol. The Labute approximate surface area is 141 Å². The molecule has 2 fully saturated rings. The van der Waals surface area contributed by atoms with Crippen molar-refractivity contribution in [2.24, 2.45) is 0 Å². The van der Waals surface area contributed by atoms with E-state index >= 15 is 0 Å². The van der Waals surface area contributed by atoms with Gasteiger partial charge in [-0.25, -0.2) is 4.79 Å². The smallest absolute Gasteiger partial charge is 0.352 e. The number of allylic oxidation sites excluding steroid dienone is 3. The van der Waals surface area contributed by atoms with Gasteiger partial charge in [-0.3, -0.25) is 14.4 Å². The van der Waals surface area contributed by atoms with Crippen molar-refractivity contribution in [3.8, 4) is 0 Å². The number of aliphatic carboxylic acids is 1. The van der Waals surface area contributed by atoms with Crippen molar-refractivity contribution >= 4 is 23.6 Å². The highest BCUT2D eigenvalue weighted by molar-refractivity contribution is 5.97. The van der Waals surface area contributed by atoms with E-state index in [0.29, 0.717) is 31.6 Å². The lowest BCUT2D eigenvalue weighted by atomic mass is 10.3. The van der Waals surface area contributed by atoms with E-state index in [1.165, 1.54) is 17.9 Å². The molecule has 0 atom stereocenters. The Morgan fingerprint density at radius 1 is 0.917 bits per heavy atom. The second-order valence-electron chi connectivity index (χ2n) is 5.51. The van der Waals surface area contributed by atoms with Crippen molar-refractivity contribution in [2.75, 3.05) is 13.1 Å². The third kappa shape index (κ3) is 4.78. The van der Waals surface area contributed by atoms with Crippen LogP contribution in [-0.2, 0) is 19.2 Å². The number of amides is 2. The Balaban J connectivity index is 0.000000240. The summed E-state index contributed by atoms with van der Waals surface area (Å²) in [6.45, 7) is 6.11. The molecule has 0 aliphatic carbocycles. The molecule has 0 radical (unpaired) electrons. The lowest BCUT2D eigenvalue weighted by molar-refractivity contribution is -0.138. The van der Waals surface area contributed by atoms with Crippen LogP contribution in [0.15, 0.2) is 23.5 Å². The molecule has 2 aliphatic rings. The second-order valence-corrected chi connectivity index (χ2v) is 5.51. The highest BCUT2D eigenvalue weighted by Gasteiger charge is 2.26. The van der Waals surface area contributed by atoms with Gasteiger partial charge in [0, 0.05) is 32.9 Å². The molecular formula is C17H24N2O5. The predicted octanol–water partition coefficient (Wildman–Crippen LogP) is 1.70. The number of carbonyl (C=O) groups excluding carboxylic acids is 3. The van der Waals surface area contributed by atoms with E-state index in [1.54, 1.807) is 24.8 Å². The summed E-state index contributed by atoms with van der Waals surface area (Å²) in [5, 5.41) is 8.69. The largest absolute Gasteiger partial charge is 0.477 e. The normalized spacial score (nSPS) is 18.6. The lowest BCUT2D eigenvalue weighted by Crippen LogP contribution is -2.28. The van der Waals surface area contributed by atoms with E-state index in [2.05, 4.69) is 0 Å². The zero-order valence-electron chi connectivity index (χ0n) is 14.4. The van der Waals surface area contributed by atoms with Crippen LogP contribution >= 0.6 is 0 Å². The number of nitrogens with zero attached hydrogens (tertiary/aromatic N) is 2. The number of carboxylic acid groups (broad SMARTS) is 1. The molecule has 7 heteroatoms. The molecule has 2 saturated heterocycles. The molecule has 0 aromatic heterocycles. The van der Waals surface area contributed by atoms with Crippen molar-refractivity contribution in [2.45, 2.75) is 46.5 Å². The van der Waals surface area contributed by atoms with Gasteiger partial charge in [-0.1, -0.05) is 12.2 Å². The zero-order valence-corrected chi connectivity index (χ0v) is 14.4. The van der Waals surface area contributed by atoms with Crippen LogP contribution in [0.25, 0.3) is 0 Å². The molecule has 1 N–H and O–H groups in total.